The predicted molar refractivity (Wildman–Crippen MR) is 102 cm³/mol. The van der Waals surface area contributed by atoms with Crippen LogP contribution < -0.4 is 0 Å². The van der Waals surface area contributed by atoms with Gasteiger partial charge in [0.15, 0.2) is 0 Å². The molecule has 1 fully saturated rings. The highest BCUT2D eigenvalue weighted by atomic mass is 19.1. The van der Waals surface area contributed by atoms with E-state index in [0.29, 0.717) is 6.42 Å². The zero-order valence-corrected chi connectivity index (χ0v) is 14.7. The molecule has 1 unspecified atom stereocenters. The maximum Gasteiger partial charge on any atom is 0.223 e. The zero-order valence-electron chi connectivity index (χ0n) is 14.7. The van der Waals surface area contributed by atoms with Crippen LogP contribution in [0.25, 0.3) is 10.8 Å². The number of likely N-dealkylation sites (tertiary alicyclic amines) is 1. The molecule has 0 aromatic heterocycles. The Morgan fingerprint density at radius 1 is 1.00 bits per heavy atom. The minimum Gasteiger partial charge on any atom is -0.336 e. The lowest BCUT2D eigenvalue weighted by Crippen LogP contribution is -2.30. The van der Waals surface area contributed by atoms with Crippen molar-refractivity contribution in [3.05, 3.63) is 83.7 Å². The summed E-state index contributed by atoms with van der Waals surface area (Å²) in [6, 6.07) is 21.3. The number of halogens is 1. The highest BCUT2D eigenvalue weighted by Crippen LogP contribution is 2.32. The number of rotatable bonds is 4. The van der Waals surface area contributed by atoms with Gasteiger partial charge in [-0.05, 0) is 53.3 Å². The van der Waals surface area contributed by atoms with Crippen LogP contribution in [0.15, 0.2) is 66.7 Å². The molecule has 0 aliphatic carbocycles. The lowest BCUT2D eigenvalue weighted by molar-refractivity contribution is -0.132. The van der Waals surface area contributed by atoms with E-state index in [1.807, 2.05) is 17.0 Å². The third-order valence-electron chi connectivity index (χ3n) is 5.27. The fourth-order valence-corrected chi connectivity index (χ4v) is 3.89. The van der Waals surface area contributed by atoms with Gasteiger partial charge in [-0.2, -0.15) is 0 Å². The molecule has 3 aromatic rings. The van der Waals surface area contributed by atoms with Gasteiger partial charge in [0.2, 0.25) is 5.91 Å². The minimum atomic E-state index is -0.235. The van der Waals surface area contributed by atoms with Gasteiger partial charge in [0, 0.05) is 13.0 Å². The first-order valence-electron chi connectivity index (χ1n) is 9.23. The van der Waals surface area contributed by atoms with E-state index in [4.69, 9.17) is 0 Å². The molecular formula is C23H22FNO. The Bertz CT molecular complexity index is 919. The van der Waals surface area contributed by atoms with E-state index in [9.17, 15) is 9.18 Å². The van der Waals surface area contributed by atoms with Crippen LogP contribution in [-0.2, 0) is 11.2 Å². The summed E-state index contributed by atoms with van der Waals surface area (Å²) in [6.45, 7) is 0.790. The Kier molecular flexibility index (Phi) is 4.70. The zero-order chi connectivity index (χ0) is 17.9. The van der Waals surface area contributed by atoms with Crippen molar-refractivity contribution in [2.24, 2.45) is 0 Å². The van der Waals surface area contributed by atoms with Crippen molar-refractivity contribution in [1.82, 2.24) is 4.90 Å². The van der Waals surface area contributed by atoms with Crippen LogP contribution in [0.5, 0.6) is 0 Å². The van der Waals surface area contributed by atoms with Crippen LogP contribution in [0.2, 0.25) is 0 Å². The quantitative estimate of drug-likeness (QED) is 0.629. The number of amides is 1. The second-order valence-electron chi connectivity index (χ2n) is 6.98. The smallest absolute Gasteiger partial charge is 0.223 e. The molecule has 1 aliphatic rings. The SMILES string of the molecule is O=C(CCc1ccc2ccccc2c1)N1CCCC1c1ccc(F)cc1. The topological polar surface area (TPSA) is 20.3 Å². The van der Waals surface area contributed by atoms with Crippen LogP contribution in [-0.4, -0.2) is 17.4 Å². The van der Waals surface area contributed by atoms with Crippen molar-refractivity contribution in [3.63, 3.8) is 0 Å². The van der Waals surface area contributed by atoms with E-state index >= 15 is 0 Å². The number of nitrogens with zero attached hydrogens (tertiary/aromatic N) is 1. The van der Waals surface area contributed by atoms with Crippen LogP contribution in [0.1, 0.15) is 36.4 Å². The summed E-state index contributed by atoms with van der Waals surface area (Å²) in [6.07, 6.45) is 3.21. The van der Waals surface area contributed by atoms with E-state index in [0.717, 1.165) is 31.4 Å². The third kappa shape index (κ3) is 3.48. The molecule has 0 saturated carbocycles. The van der Waals surface area contributed by atoms with Gasteiger partial charge in [0.25, 0.3) is 0 Å². The first kappa shape index (κ1) is 16.8. The van der Waals surface area contributed by atoms with Crippen LogP contribution >= 0.6 is 0 Å². The summed E-state index contributed by atoms with van der Waals surface area (Å²) >= 11 is 0. The molecule has 0 radical (unpaired) electrons. The highest BCUT2D eigenvalue weighted by Gasteiger charge is 2.29. The van der Waals surface area contributed by atoms with E-state index in [1.54, 1.807) is 12.1 Å². The van der Waals surface area contributed by atoms with Crippen molar-refractivity contribution in [2.45, 2.75) is 31.7 Å². The van der Waals surface area contributed by atoms with Crippen molar-refractivity contribution in [1.29, 1.82) is 0 Å². The molecule has 0 bridgehead atoms. The first-order chi connectivity index (χ1) is 12.7. The van der Waals surface area contributed by atoms with Crippen molar-refractivity contribution in [2.75, 3.05) is 6.54 Å². The summed E-state index contributed by atoms with van der Waals surface area (Å²) in [5, 5.41) is 2.43. The maximum absolute atomic E-state index is 13.2. The molecule has 0 spiro atoms. The van der Waals surface area contributed by atoms with Gasteiger partial charge < -0.3 is 4.90 Å². The average molecular weight is 347 g/mol. The van der Waals surface area contributed by atoms with Crippen LogP contribution in [0.3, 0.4) is 0 Å². The Morgan fingerprint density at radius 3 is 2.58 bits per heavy atom. The number of hydrogen-bond acceptors (Lipinski definition) is 1. The maximum atomic E-state index is 13.2. The summed E-state index contributed by atoms with van der Waals surface area (Å²) < 4.78 is 13.2. The Balaban J connectivity index is 1.44. The van der Waals surface area contributed by atoms with Gasteiger partial charge in [-0.15, -0.1) is 0 Å². The van der Waals surface area contributed by atoms with E-state index < -0.39 is 0 Å². The molecule has 1 heterocycles. The summed E-state index contributed by atoms with van der Waals surface area (Å²) in [7, 11) is 0. The Labute approximate surface area is 153 Å². The molecule has 4 rings (SSSR count). The molecule has 26 heavy (non-hydrogen) atoms. The third-order valence-corrected chi connectivity index (χ3v) is 5.27. The van der Waals surface area contributed by atoms with Gasteiger partial charge in [0.05, 0.1) is 6.04 Å². The standard InChI is InChI=1S/C23H22FNO/c24-21-12-10-19(11-13-21)22-6-3-15-25(22)23(26)14-8-17-7-9-18-4-1-2-5-20(18)16-17/h1-2,4-5,7,9-13,16,22H,3,6,8,14-15H2. The van der Waals surface area contributed by atoms with Gasteiger partial charge >= 0.3 is 0 Å². The van der Waals surface area contributed by atoms with Crippen molar-refractivity contribution < 1.29 is 9.18 Å². The number of carbonyl (C=O) groups is 1. The van der Waals surface area contributed by atoms with Crippen molar-refractivity contribution >= 4 is 16.7 Å². The van der Waals surface area contributed by atoms with Crippen LogP contribution in [0, 0.1) is 5.82 Å². The number of carbonyl (C=O) groups excluding carboxylic acids is 1. The largest absolute Gasteiger partial charge is 0.336 e. The van der Waals surface area contributed by atoms with E-state index in [-0.39, 0.29) is 17.8 Å². The lowest BCUT2D eigenvalue weighted by Gasteiger charge is -2.25. The molecule has 1 aliphatic heterocycles. The Hall–Kier alpha value is -2.68. The summed E-state index contributed by atoms with van der Waals surface area (Å²) in [4.78, 5) is 14.8. The molecule has 3 heteroatoms. The van der Waals surface area contributed by atoms with Crippen LogP contribution in [0.4, 0.5) is 4.39 Å². The molecule has 1 saturated heterocycles. The Morgan fingerprint density at radius 2 is 1.77 bits per heavy atom. The molecule has 1 amide bonds. The average Bonchev–Trinajstić information content (AvgIpc) is 3.16. The number of fused-ring (bicyclic) bond motifs is 1. The van der Waals surface area contributed by atoms with Gasteiger partial charge in [0.1, 0.15) is 5.82 Å². The molecule has 1 atom stereocenters. The molecular weight excluding hydrogens is 325 g/mol. The lowest BCUT2D eigenvalue weighted by atomic mass is 10.0. The summed E-state index contributed by atoms with van der Waals surface area (Å²) in [5.74, 6) is -0.0501. The monoisotopic (exact) mass is 347 g/mol. The number of benzene rings is 3. The second-order valence-corrected chi connectivity index (χ2v) is 6.98. The van der Waals surface area contributed by atoms with E-state index in [1.165, 1.54) is 28.5 Å². The van der Waals surface area contributed by atoms with Gasteiger partial charge in [-0.1, -0.05) is 54.6 Å². The van der Waals surface area contributed by atoms with Crippen molar-refractivity contribution in [3.8, 4) is 0 Å². The predicted octanol–water partition coefficient (Wildman–Crippen LogP) is 5.28. The fourth-order valence-electron chi connectivity index (χ4n) is 3.89. The number of aryl methyl sites for hydroxylation is 1. The fraction of sp³-hybridized carbons (Fsp3) is 0.261. The highest BCUT2D eigenvalue weighted by molar-refractivity contribution is 5.83. The molecule has 0 N–H and O–H groups in total. The van der Waals surface area contributed by atoms with Gasteiger partial charge in [-0.25, -0.2) is 4.39 Å². The molecule has 132 valence electrons. The molecule has 3 aromatic carbocycles. The first-order valence-corrected chi connectivity index (χ1v) is 9.23. The van der Waals surface area contributed by atoms with Gasteiger partial charge in [-0.3, -0.25) is 4.79 Å². The minimum absolute atomic E-state index is 0.0831. The summed E-state index contributed by atoms with van der Waals surface area (Å²) in [5.41, 5.74) is 2.22. The normalized spacial score (nSPS) is 17.0. The number of hydrogen-bond donors (Lipinski definition) is 0. The molecule has 2 nitrogen and oxygen atoms in total. The second kappa shape index (κ2) is 7.28. The van der Waals surface area contributed by atoms with E-state index in [2.05, 4.69) is 30.3 Å².